The van der Waals surface area contributed by atoms with E-state index in [1.807, 2.05) is 4.90 Å². The molecule has 6 nitrogen and oxygen atoms in total. The van der Waals surface area contributed by atoms with Gasteiger partial charge in [-0.25, -0.2) is 0 Å². The van der Waals surface area contributed by atoms with Gasteiger partial charge in [0, 0.05) is 26.2 Å². The lowest BCUT2D eigenvalue weighted by atomic mass is 9.96. The Morgan fingerprint density at radius 3 is 2.03 bits per heavy atom. The Balaban J connectivity index is 1.22. The molecule has 1 unspecified atom stereocenters. The topological polar surface area (TPSA) is 45.3 Å². The van der Waals surface area contributed by atoms with Crippen molar-refractivity contribution in [3.8, 4) is 0 Å². The number of nitrogens with zero attached hydrogens (tertiary/aromatic N) is 3. The largest absolute Gasteiger partial charge is 0.349 e. The summed E-state index contributed by atoms with van der Waals surface area (Å²) in [5.74, 6) is 0.232. The fourth-order valence-electron chi connectivity index (χ4n) is 5.51. The van der Waals surface area contributed by atoms with E-state index in [-0.39, 0.29) is 24.3 Å². The number of carbonyl (C=O) groups excluding carboxylic acids is 1. The third kappa shape index (κ3) is 5.30. The van der Waals surface area contributed by atoms with Crippen LogP contribution in [0.4, 0.5) is 0 Å². The lowest BCUT2D eigenvalue weighted by Crippen LogP contribution is -2.55. The van der Waals surface area contributed by atoms with Gasteiger partial charge in [-0.15, -0.1) is 0 Å². The summed E-state index contributed by atoms with van der Waals surface area (Å²) in [6.07, 6.45) is 3.19. The van der Waals surface area contributed by atoms with Crippen molar-refractivity contribution < 1.29 is 14.3 Å². The van der Waals surface area contributed by atoms with Crippen LogP contribution in [0.2, 0.25) is 0 Å². The molecule has 2 aromatic rings. The minimum atomic E-state index is -0.174. The zero-order chi connectivity index (χ0) is 22.5. The van der Waals surface area contributed by atoms with Gasteiger partial charge in [0.15, 0.2) is 6.29 Å². The van der Waals surface area contributed by atoms with Crippen LogP contribution in [-0.4, -0.2) is 85.4 Å². The number of rotatable bonds is 6. The zero-order valence-electron chi connectivity index (χ0n) is 19.4. The molecule has 0 aliphatic carbocycles. The molecule has 0 N–H and O–H groups in total. The summed E-state index contributed by atoms with van der Waals surface area (Å²) < 4.78 is 11.6. The first-order valence-corrected chi connectivity index (χ1v) is 12.4. The Hall–Kier alpha value is -2.25. The van der Waals surface area contributed by atoms with Crippen molar-refractivity contribution >= 4 is 5.91 Å². The number of likely N-dealkylation sites (tertiary alicyclic amines) is 1. The number of hydrogen-bond acceptors (Lipinski definition) is 5. The maximum atomic E-state index is 13.2. The first-order valence-electron chi connectivity index (χ1n) is 12.4. The number of piperidine rings is 1. The van der Waals surface area contributed by atoms with Crippen molar-refractivity contribution in [3.05, 3.63) is 71.8 Å². The SMILES string of the molecule is O=C(CN1CCCCC1C1OCCO1)N1CCN(C(c2ccccc2)c2ccccc2)CC1. The summed E-state index contributed by atoms with van der Waals surface area (Å²) in [4.78, 5) is 20.1. The molecule has 33 heavy (non-hydrogen) atoms. The van der Waals surface area contributed by atoms with Gasteiger partial charge in [0.05, 0.1) is 31.8 Å². The number of piperazine rings is 1. The van der Waals surface area contributed by atoms with E-state index in [2.05, 4.69) is 70.5 Å². The van der Waals surface area contributed by atoms with Gasteiger partial charge in [0.25, 0.3) is 0 Å². The second-order valence-corrected chi connectivity index (χ2v) is 9.28. The average Bonchev–Trinajstić information content (AvgIpc) is 3.41. The second-order valence-electron chi connectivity index (χ2n) is 9.28. The Morgan fingerprint density at radius 1 is 0.818 bits per heavy atom. The van der Waals surface area contributed by atoms with Crippen LogP contribution in [0.25, 0.3) is 0 Å². The van der Waals surface area contributed by atoms with Crippen molar-refractivity contribution in [3.63, 3.8) is 0 Å². The number of amides is 1. The van der Waals surface area contributed by atoms with Crippen LogP contribution in [0.15, 0.2) is 60.7 Å². The van der Waals surface area contributed by atoms with E-state index in [0.29, 0.717) is 19.8 Å². The highest BCUT2D eigenvalue weighted by Crippen LogP contribution is 2.30. The molecule has 0 aromatic heterocycles. The standard InChI is InChI=1S/C27H35N3O3/c31-25(21-30-14-8-7-13-24(30)27-32-19-20-33-27)28-15-17-29(18-16-28)26(22-9-3-1-4-10-22)23-11-5-2-6-12-23/h1-6,9-12,24,26-27H,7-8,13-21H2. The summed E-state index contributed by atoms with van der Waals surface area (Å²) in [7, 11) is 0. The van der Waals surface area contributed by atoms with Gasteiger partial charge in [-0.3, -0.25) is 14.6 Å². The smallest absolute Gasteiger partial charge is 0.236 e. The number of benzene rings is 2. The van der Waals surface area contributed by atoms with E-state index < -0.39 is 0 Å². The van der Waals surface area contributed by atoms with Crippen molar-refractivity contribution in [2.45, 2.75) is 37.6 Å². The number of ether oxygens (including phenoxy) is 2. The number of carbonyl (C=O) groups is 1. The molecule has 2 aromatic carbocycles. The first-order chi connectivity index (χ1) is 16.3. The highest BCUT2D eigenvalue weighted by Gasteiger charge is 2.36. The molecule has 0 radical (unpaired) electrons. The van der Waals surface area contributed by atoms with Gasteiger partial charge in [-0.05, 0) is 30.5 Å². The summed E-state index contributed by atoms with van der Waals surface area (Å²) in [5.41, 5.74) is 2.60. The average molecular weight is 450 g/mol. The van der Waals surface area contributed by atoms with Crippen LogP contribution in [0.3, 0.4) is 0 Å². The lowest BCUT2D eigenvalue weighted by Gasteiger charge is -2.42. The van der Waals surface area contributed by atoms with Crippen molar-refractivity contribution in [1.29, 1.82) is 0 Å². The molecule has 176 valence electrons. The Bertz CT molecular complexity index is 840. The molecule has 3 heterocycles. The van der Waals surface area contributed by atoms with Crippen molar-refractivity contribution in [1.82, 2.24) is 14.7 Å². The number of hydrogen-bond donors (Lipinski definition) is 0. The van der Waals surface area contributed by atoms with E-state index in [1.165, 1.54) is 17.5 Å². The Morgan fingerprint density at radius 2 is 1.42 bits per heavy atom. The fraction of sp³-hybridized carbons (Fsp3) is 0.519. The van der Waals surface area contributed by atoms with E-state index in [0.717, 1.165) is 45.6 Å². The molecule has 1 amide bonds. The van der Waals surface area contributed by atoms with E-state index in [4.69, 9.17) is 9.47 Å². The molecule has 3 saturated heterocycles. The van der Waals surface area contributed by atoms with Gasteiger partial charge in [-0.1, -0.05) is 67.1 Å². The molecular weight excluding hydrogens is 414 g/mol. The molecule has 0 bridgehead atoms. The fourth-order valence-corrected chi connectivity index (χ4v) is 5.51. The molecule has 3 aliphatic rings. The molecule has 0 saturated carbocycles. The van der Waals surface area contributed by atoms with Gasteiger partial charge in [0.2, 0.25) is 5.91 Å². The third-order valence-corrected chi connectivity index (χ3v) is 7.23. The Kier molecular flexibility index (Phi) is 7.37. The Labute approximate surface area is 197 Å². The van der Waals surface area contributed by atoms with Gasteiger partial charge >= 0.3 is 0 Å². The highest BCUT2D eigenvalue weighted by atomic mass is 16.7. The molecule has 1 atom stereocenters. The van der Waals surface area contributed by atoms with E-state index >= 15 is 0 Å². The molecule has 0 spiro atoms. The lowest BCUT2D eigenvalue weighted by molar-refractivity contribution is -0.141. The molecule has 6 heteroatoms. The summed E-state index contributed by atoms with van der Waals surface area (Å²) in [6.45, 7) is 6.02. The van der Waals surface area contributed by atoms with Crippen molar-refractivity contribution in [2.24, 2.45) is 0 Å². The van der Waals surface area contributed by atoms with Crippen molar-refractivity contribution in [2.75, 3.05) is 52.5 Å². The monoisotopic (exact) mass is 449 g/mol. The van der Waals surface area contributed by atoms with E-state index in [9.17, 15) is 4.79 Å². The summed E-state index contributed by atoms with van der Waals surface area (Å²) in [5, 5.41) is 0. The van der Waals surface area contributed by atoms with Gasteiger partial charge in [-0.2, -0.15) is 0 Å². The minimum Gasteiger partial charge on any atom is -0.349 e. The van der Waals surface area contributed by atoms with E-state index in [1.54, 1.807) is 0 Å². The van der Waals surface area contributed by atoms with Crippen LogP contribution in [0.5, 0.6) is 0 Å². The maximum Gasteiger partial charge on any atom is 0.236 e. The zero-order valence-corrected chi connectivity index (χ0v) is 19.4. The first kappa shape index (κ1) is 22.5. The highest BCUT2D eigenvalue weighted by molar-refractivity contribution is 5.78. The van der Waals surface area contributed by atoms with Gasteiger partial charge in [0.1, 0.15) is 0 Å². The predicted octanol–water partition coefficient (Wildman–Crippen LogP) is 3.15. The van der Waals surface area contributed by atoms with Crippen LogP contribution < -0.4 is 0 Å². The summed E-state index contributed by atoms with van der Waals surface area (Å²) >= 11 is 0. The normalized spacial score (nSPS) is 23.3. The summed E-state index contributed by atoms with van der Waals surface area (Å²) in [6, 6.07) is 21.8. The third-order valence-electron chi connectivity index (χ3n) is 7.23. The quantitative estimate of drug-likeness (QED) is 0.678. The van der Waals surface area contributed by atoms with Crippen LogP contribution in [0.1, 0.15) is 36.4 Å². The predicted molar refractivity (Wildman–Crippen MR) is 128 cm³/mol. The second kappa shape index (κ2) is 10.8. The van der Waals surface area contributed by atoms with Gasteiger partial charge < -0.3 is 14.4 Å². The molecule has 3 aliphatic heterocycles. The molecular formula is C27H35N3O3. The van der Waals surface area contributed by atoms with Crippen LogP contribution >= 0.6 is 0 Å². The molecule has 5 rings (SSSR count). The van der Waals surface area contributed by atoms with Crippen LogP contribution in [0, 0.1) is 0 Å². The maximum absolute atomic E-state index is 13.2. The molecule has 3 fully saturated rings. The minimum absolute atomic E-state index is 0.174. The van der Waals surface area contributed by atoms with Crippen LogP contribution in [-0.2, 0) is 14.3 Å².